The van der Waals surface area contributed by atoms with Crippen molar-refractivity contribution in [1.82, 2.24) is 0 Å². The van der Waals surface area contributed by atoms with E-state index < -0.39 is 17.1 Å². The zero-order valence-electron chi connectivity index (χ0n) is 8.29. The van der Waals surface area contributed by atoms with Crippen molar-refractivity contribution in [2.75, 3.05) is 6.61 Å². The van der Waals surface area contributed by atoms with E-state index in [1.165, 1.54) is 0 Å². The number of hydrogen-bond acceptors (Lipinski definition) is 3. The molecule has 0 aromatic rings. The fourth-order valence-electron chi connectivity index (χ4n) is 1.03. The Morgan fingerprint density at radius 2 is 2.21 bits per heavy atom. The Bertz CT molecular complexity index is 213. The van der Waals surface area contributed by atoms with Gasteiger partial charge in [-0.1, -0.05) is 6.08 Å². The molecule has 0 spiro atoms. The normalized spacial score (nSPS) is 11.9. The van der Waals surface area contributed by atoms with Crippen LogP contribution in [-0.4, -0.2) is 17.8 Å². The van der Waals surface area contributed by atoms with Crippen molar-refractivity contribution in [2.24, 2.45) is 5.92 Å². The quantitative estimate of drug-likeness (QED) is 0.217. The van der Waals surface area contributed by atoms with Crippen LogP contribution in [0.2, 0.25) is 0 Å². The molecule has 80 valence electrons. The van der Waals surface area contributed by atoms with E-state index in [9.17, 15) is 9.59 Å². The van der Waals surface area contributed by atoms with Gasteiger partial charge in [0.15, 0.2) is 0 Å². The summed E-state index contributed by atoms with van der Waals surface area (Å²) >= 11 is 5.29. The first-order valence-corrected chi connectivity index (χ1v) is 4.98. The molecular weight excluding hydrogens is 204 g/mol. The number of esters is 1. The van der Waals surface area contributed by atoms with Crippen LogP contribution in [0.4, 0.5) is 0 Å². The van der Waals surface area contributed by atoms with E-state index in [1.807, 2.05) is 0 Å². The fraction of sp³-hybridized carbons (Fsp3) is 0.600. The topological polar surface area (TPSA) is 43.4 Å². The molecule has 4 heteroatoms. The zero-order chi connectivity index (χ0) is 11.0. The van der Waals surface area contributed by atoms with E-state index in [1.54, 1.807) is 13.0 Å². The summed E-state index contributed by atoms with van der Waals surface area (Å²) in [6.45, 7) is 5.51. The van der Waals surface area contributed by atoms with E-state index in [0.717, 1.165) is 6.42 Å². The molecule has 0 rings (SSSR count). The van der Waals surface area contributed by atoms with Crippen LogP contribution in [0.15, 0.2) is 12.7 Å². The van der Waals surface area contributed by atoms with E-state index in [4.69, 9.17) is 16.3 Å². The monoisotopic (exact) mass is 218 g/mol. The molecule has 14 heavy (non-hydrogen) atoms. The zero-order valence-corrected chi connectivity index (χ0v) is 9.05. The van der Waals surface area contributed by atoms with Crippen molar-refractivity contribution < 1.29 is 14.3 Å². The lowest BCUT2D eigenvalue weighted by molar-refractivity contribution is -0.150. The number of unbranched alkanes of at least 4 members (excludes halogenated alkanes) is 1. The van der Waals surface area contributed by atoms with Crippen LogP contribution in [0, 0.1) is 5.92 Å². The largest absolute Gasteiger partial charge is 0.465 e. The summed E-state index contributed by atoms with van der Waals surface area (Å²) < 4.78 is 4.73. The van der Waals surface area contributed by atoms with Crippen LogP contribution in [0.5, 0.6) is 0 Å². The summed E-state index contributed by atoms with van der Waals surface area (Å²) in [4.78, 5) is 22.1. The second-order valence-electron chi connectivity index (χ2n) is 2.83. The lowest BCUT2D eigenvalue weighted by atomic mass is 10.0. The van der Waals surface area contributed by atoms with E-state index in [0.29, 0.717) is 12.8 Å². The van der Waals surface area contributed by atoms with Gasteiger partial charge >= 0.3 is 5.97 Å². The first-order valence-electron chi connectivity index (χ1n) is 4.60. The Labute approximate surface area is 89.1 Å². The van der Waals surface area contributed by atoms with Crippen LogP contribution in [0.3, 0.4) is 0 Å². The van der Waals surface area contributed by atoms with Crippen molar-refractivity contribution in [3.05, 3.63) is 12.7 Å². The number of carbonyl (C=O) groups is 2. The van der Waals surface area contributed by atoms with Gasteiger partial charge in [-0.3, -0.25) is 9.59 Å². The smallest absolute Gasteiger partial charge is 0.317 e. The van der Waals surface area contributed by atoms with Gasteiger partial charge in [-0.05, 0) is 37.8 Å². The summed E-state index contributed by atoms with van der Waals surface area (Å²) in [6.07, 6.45) is 3.64. The Kier molecular flexibility index (Phi) is 7.11. The Balaban J connectivity index is 4.07. The van der Waals surface area contributed by atoms with E-state index in [-0.39, 0.29) is 6.61 Å². The van der Waals surface area contributed by atoms with Gasteiger partial charge < -0.3 is 4.74 Å². The molecule has 0 bridgehead atoms. The molecule has 0 aliphatic rings. The third-order valence-corrected chi connectivity index (χ3v) is 2.01. The first-order chi connectivity index (χ1) is 6.63. The van der Waals surface area contributed by atoms with Crippen molar-refractivity contribution in [2.45, 2.75) is 26.2 Å². The summed E-state index contributed by atoms with van der Waals surface area (Å²) in [5, 5.41) is -0.646. The maximum absolute atomic E-state index is 11.2. The number of halogens is 1. The highest BCUT2D eigenvalue weighted by molar-refractivity contribution is 6.65. The molecule has 3 nitrogen and oxygen atoms in total. The summed E-state index contributed by atoms with van der Waals surface area (Å²) in [6, 6.07) is 0. The van der Waals surface area contributed by atoms with Crippen LogP contribution < -0.4 is 0 Å². The van der Waals surface area contributed by atoms with Gasteiger partial charge in [-0.25, -0.2) is 0 Å². The summed E-state index contributed by atoms with van der Waals surface area (Å²) in [7, 11) is 0. The van der Waals surface area contributed by atoms with Gasteiger partial charge in [0.25, 0.3) is 0 Å². The molecule has 1 unspecified atom stereocenters. The molecule has 1 atom stereocenters. The predicted octanol–water partition coefficient (Wildman–Crippen LogP) is 2.29. The Hall–Kier alpha value is -0.830. The Morgan fingerprint density at radius 1 is 1.57 bits per heavy atom. The van der Waals surface area contributed by atoms with Crippen LogP contribution in [0.25, 0.3) is 0 Å². The van der Waals surface area contributed by atoms with Gasteiger partial charge in [-0.2, -0.15) is 0 Å². The standard InChI is InChI=1S/C10H15ClO3/c1-3-5-6-7-8(9(11)12)10(13)14-4-2/h3,8H,1,4-7H2,2H3. The average molecular weight is 219 g/mol. The molecule has 0 fully saturated rings. The van der Waals surface area contributed by atoms with Crippen molar-refractivity contribution in [1.29, 1.82) is 0 Å². The summed E-state index contributed by atoms with van der Waals surface area (Å²) in [5.41, 5.74) is 0. The number of ether oxygens (including phenoxy) is 1. The lowest BCUT2D eigenvalue weighted by Gasteiger charge is -2.10. The highest BCUT2D eigenvalue weighted by Crippen LogP contribution is 2.14. The van der Waals surface area contributed by atoms with Crippen LogP contribution in [0.1, 0.15) is 26.2 Å². The molecule has 0 radical (unpaired) electrons. The van der Waals surface area contributed by atoms with E-state index >= 15 is 0 Å². The molecule has 0 amide bonds. The Morgan fingerprint density at radius 3 is 2.64 bits per heavy atom. The van der Waals surface area contributed by atoms with E-state index in [2.05, 4.69) is 6.58 Å². The predicted molar refractivity (Wildman–Crippen MR) is 55.0 cm³/mol. The van der Waals surface area contributed by atoms with Crippen molar-refractivity contribution in [3.8, 4) is 0 Å². The van der Waals surface area contributed by atoms with Crippen molar-refractivity contribution >= 4 is 22.8 Å². The molecule has 0 N–H and O–H groups in total. The SMILES string of the molecule is C=CCCCC(C(=O)Cl)C(=O)OCC. The fourth-order valence-corrected chi connectivity index (χ4v) is 1.23. The second kappa shape index (κ2) is 7.56. The molecule has 0 heterocycles. The molecular formula is C10H15ClO3. The van der Waals surface area contributed by atoms with Gasteiger partial charge in [0.1, 0.15) is 5.92 Å². The van der Waals surface area contributed by atoms with Crippen LogP contribution >= 0.6 is 11.6 Å². The third-order valence-electron chi connectivity index (χ3n) is 1.75. The molecule has 0 aromatic carbocycles. The third kappa shape index (κ3) is 5.02. The molecule has 0 saturated carbocycles. The van der Waals surface area contributed by atoms with Gasteiger partial charge in [-0.15, -0.1) is 6.58 Å². The molecule has 0 aliphatic heterocycles. The highest BCUT2D eigenvalue weighted by atomic mass is 35.5. The van der Waals surface area contributed by atoms with Gasteiger partial charge in [0.05, 0.1) is 6.61 Å². The average Bonchev–Trinajstić information content (AvgIpc) is 2.12. The molecule has 0 aromatic heterocycles. The first kappa shape index (κ1) is 13.2. The minimum atomic E-state index is -0.823. The maximum atomic E-state index is 11.2. The number of rotatable bonds is 7. The summed E-state index contributed by atoms with van der Waals surface area (Å²) in [5.74, 6) is -1.35. The highest BCUT2D eigenvalue weighted by Gasteiger charge is 2.25. The number of allylic oxidation sites excluding steroid dienone is 1. The van der Waals surface area contributed by atoms with Crippen molar-refractivity contribution in [3.63, 3.8) is 0 Å². The minimum Gasteiger partial charge on any atom is -0.465 e. The lowest BCUT2D eigenvalue weighted by Crippen LogP contribution is -2.23. The van der Waals surface area contributed by atoms with Gasteiger partial charge in [0.2, 0.25) is 5.24 Å². The minimum absolute atomic E-state index is 0.265. The second-order valence-corrected chi connectivity index (χ2v) is 3.20. The van der Waals surface area contributed by atoms with Crippen LogP contribution in [-0.2, 0) is 14.3 Å². The molecule has 0 saturated heterocycles. The number of hydrogen-bond donors (Lipinski definition) is 0. The number of carbonyl (C=O) groups excluding carboxylic acids is 2. The maximum Gasteiger partial charge on any atom is 0.317 e. The molecule has 0 aliphatic carbocycles. The van der Waals surface area contributed by atoms with Gasteiger partial charge in [0, 0.05) is 0 Å².